The number of esters is 1. The fourth-order valence-electron chi connectivity index (χ4n) is 3.09. The SMILES string of the molecule is CC(C)COC(=O)c1cccc2cc3c(nc12)-c1ccccc1C3=O. The molecule has 0 saturated carbocycles. The first-order chi connectivity index (χ1) is 12.1. The minimum atomic E-state index is -0.385. The molecular formula is C21H17NO3. The minimum Gasteiger partial charge on any atom is -0.462 e. The molecule has 0 saturated heterocycles. The number of aromatic nitrogens is 1. The molecule has 2 aromatic carbocycles. The topological polar surface area (TPSA) is 56.3 Å². The number of fused-ring (bicyclic) bond motifs is 4. The third-order valence-electron chi connectivity index (χ3n) is 4.28. The highest BCUT2D eigenvalue weighted by atomic mass is 16.5. The summed E-state index contributed by atoms with van der Waals surface area (Å²) < 4.78 is 5.36. The number of nitrogens with zero attached hydrogens (tertiary/aromatic N) is 1. The van der Waals surface area contributed by atoms with E-state index in [2.05, 4.69) is 4.98 Å². The third kappa shape index (κ3) is 2.50. The molecular weight excluding hydrogens is 314 g/mol. The Bertz CT molecular complexity index is 1020. The lowest BCUT2D eigenvalue weighted by molar-refractivity contribution is 0.0461. The Balaban J connectivity index is 1.87. The standard InChI is InChI=1S/C21H17NO3/c1-12(2)11-25-21(24)16-9-5-6-13-10-17-19(22-18(13)16)14-7-3-4-8-15(14)20(17)23/h3-10,12H,11H2,1-2H3. The van der Waals surface area contributed by atoms with E-state index in [-0.39, 0.29) is 17.7 Å². The van der Waals surface area contributed by atoms with Crippen molar-refractivity contribution in [1.29, 1.82) is 0 Å². The van der Waals surface area contributed by atoms with Crippen molar-refractivity contribution in [3.8, 4) is 11.3 Å². The van der Waals surface area contributed by atoms with Crippen molar-refractivity contribution in [3.05, 3.63) is 65.2 Å². The number of benzene rings is 2. The van der Waals surface area contributed by atoms with E-state index in [1.807, 2.05) is 50.2 Å². The summed E-state index contributed by atoms with van der Waals surface area (Å²) in [7, 11) is 0. The summed E-state index contributed by atoms with van der Waals surface area (Å²) in [6.07, 6.45) is 0. The van der Waals surface area contributed by atoms with E-state index in [9.17, 15) is 9.59 Å². The Hall–Kier alpha value is -3.01. The van der Waals surface area contributed by atoms with Gasteiger partial charge in [0.15, 0.2) is 5.78 Å². The fraction of sp³-hybridized carbons (Fsp3) is 0.190. The van der Waals surface area contributed by atoms with E-state index in [1.54, 1.807) is 12.1 Å². The van der Waals surface area contributed by atoms with Gasteiger partial charge in [0.2, 0.25) is 0 Å². The van der Waals surface area contributed by atoms with E-state index in [0.717, 1.165) is 10.9 Å². The predicted molar refractivity (Wildman–Crippen MR) is 95.7 cm³/mol. The molecule has 0 atom stereocenters. The summed E-state index contributed by atoms with van der Waals surface area (Å²) in [4.78, 5) is 29.7. The first kappa shape index (κ1) is 15.5. The number of ketones is 1. The Morgan fingerprint density at radius 1 is 1.04 bits per heavy atom. The second kappa shape index (κ2) is 5.81. The van der Waals surface area contributed by atoms with E-state index in [4.69, 9.17) is 4.74 Å². The number of carbonyl (C=O) groups excluding carboxylic acids is 2. The van der Waals surface area contributed by atoms with E-state index in [0.29, 0.717) is 34.5 Å². The molecule has 0 N–H and O–H groups in total. The van der Waals surface area contributed by atoms with Crippen molar-refractivity contribution in [2.45, 2.75) is 13.8 Å². The lowest BCUT2D eigenvalue weighted by Crippen LogP contribution is -2.11. The van der Waals surface area contributed by atoms with Gasteiger partial charge < -0.3 is 4.74 Å². The summed E-state index contributed by atoms with van der Waals surface area (Å²) in [6.45, 7) is 4.34. The zero-order valence-electron chi connectivity index (χ0n) is 14.1. The monoisotopic (exact) mass is 331 g/mol. The summed E-state index contributed by atoms with van der Waals surface area (Å²) >= 11 is 0. The lowest BCUT2D eigenvalue weighted by Gasteiger charge is -2.10. The van der Waals surface area contributed by atoms with Crippen LogP contribution in [0.2, 0.25) is 0 Å². The van der Waals surface area contributed by atoms with Gasteiger partial charge in [-0.1, -0.05) is 50.2 Å². The molecule has 124 valence electrons. The van der Waals surface area contributed by atoms with Crippen LogP contribution in [0, 0.1) is 5.92 Å². The maximum absolute atomic E-state index is 12.6. The van der Waals surface area contributed by atoms with Crippen molar-refractivity contribution in [2.24, 2.45) is 5.92 Å². The molecule has 0 unspecified atom stereocenters. The second-order valence-corrected chi connectivity index (χ2v) is 6.63. The number of hydrogen-bond acceptors (Lipinski definition) is 4. The molecule has 0 radical (unpaired) electrons. The van der Waals surface area contributed by atoms with E-state index >= 15 is 0 Å². The number of carbonyl (C=O) groups is 2. The molecule has 4 heteroatoms. The number of hydrogen-bond donors (Lipinski definition) is 0. The van der Waals surface area contributed by atoms with Gasteiger partial charge in [0.25, 0.3) is 0 Å². The lowest BCUT2D eigenvalue weighted by atomic mass is 10.1. The smallest absolute Gasteiger partial charge is 0.340 e. The minimum absolute atomic E-state index is 0.0206. The largest absolute Gasteiger partial charge is 0.462 e. The number of rotatable bonds is 3. The Kier molecular flexibility index (Phi) is 3.61. The molecule has 4 rings (SSSR count). The highest BCUT2D eigenvalue weighted by Gasteiger charge is 2.28. The molecule has 3 aromatic rings. The molecule has 0 amide bonds. The summed E-state index contributed by atoms with van der Waals surface area (Å²) in [5, 5.41) is 0.763. The van der Waals surface area contributed by atoms with Crippen LogP contribution in [0.5, 0.6) is 0 Å². The van der Waals surface area contributed by atoms with Crippen LogP contribution in [-0.4, -0.2) is 23.3 Å². The third-order valence-corrected chi connectivity index (χ3v) is 4.28. The molecule has 0 aliphatic heterocycles. The molecule has 1 aromatic heterocycles. The first-order valence-corrected chi connectivity index (χ1v) is 8.31. The van der Waals surface area contributed by atoms with Gasteiger partial charge >= 0.3 is 5.97 Å². The number of ether oxygens (including phenoxy) is 1. The van der Waals surface area contributed by atoms with E-state index < -0.39 is 0 Å². The van der Waals surface area contributed by atoms with Crippen LogP contribution < -0.4 is 0 Å². The van der Waals surface area contributed by atoms with Crippen molar-refractivity contribution in [3.63, 3.8) is 0 Å². The summed E-state index contributed by atoms with van der Waals surface area (Å²) in [6, 6.07) is 14.6. The Morgan fingerprint density at radius 2 is 1.80 bits per heavy atom. The van der Waals surface area contributed by atoms with Crippen molar-refractivity contribution in [2.75, 3.05) is 6.61 Å². The molecule has 1 heterocycles. The Labute approximate surface area is 145 Å². The molecule has 25 heavy (non-hydrogen) atoms. The fourth-order valence-corrected chi connectivity index (χ4v) is 3.09. The molecule has 0 bridgehead atoms. The van der Waals surface area contributed by atoms with Gasteiger partial charge in [0.1, 0.15) is 0 Å². The van der Waals surface area contributed by atoms with Gasteiger partial charge in [-0.25, -0.2) is 9.78 Å². The number of pyridine rings is 1. The summed E-state index contributed by atoms with van der Waals surface area (Å²) in [5.74, 6) is -0.141. The molecule has 0 fully saturated rings. The predicted octanol–water partition coefficient (Wildman–Crippen LogP) is 4.26. The first-order valence-electron chi connectivity index (χ1n) is 8.31. The summed E-state index contributed by atoms with van der Waals surface area (Å²) in [5.41, 5.74) is 3.69. The maximum atomic E-state index is 12.6. The number of para-hydroxylation sites is 1. The molecule has 1 aliphatic carbocycles. The van der Waals surface area contributed by atoms with Crippen molar-refractivity contribution >= 4 is 22.7 Å². The van der Waals surface area contributed by atoms with Gasteiger partial charge in [-0.05, 0) is 18.1 Å². The zero-order valence-corrected chi connectivity index (χ0v) is 14.1. The van der Waals surface area contributed by atoms with Gasteiger partial charge in [-0.2, -0.15) is 0 Å². The maximum Gasteiger partial charge on any atom is 0.340 e. The quantitative estimate of drug-likeness (QED) is 0.526. The Morgan fingerprint density at radius 3 is 2.56 bits per heavy atom. The van der Waals surface area contributed by atoms with Gasteiger partial charge in [0.05, 0.1) is 23.4 Å². The van der Waals surface area contributed by atoms with Crippen LogP contribution >= 0.6 is 0 Å². The highest BCUT2D eigenvalue weighted by Crippen LogP contribution is 2.37. The second-order valence-electron chi connectivity index (χ2n) is 6.63. The molecule has 1 aliphatic rings. The van der Waals surface area contributed by atoms with Gasteiger partial charge in [-0.15, -0.1) is 0 Å². The van der Waals surface area contributed by atoms with Crippen LogP contribution in [-0.2, 0) is 4.74 Å². The molecule has 0 spiro atoms. The van der Waals surface area contributed by atoms with Crippen LogP contribution in [0.3, 0.4) is 0 Å². The van der Waals surface area contributed by atoms with Gasteiger partial charge in [-0.3, -0.25) is 4.79 Å². The normalized spacial score (nSPS) is 12.4. The van der Waals surface area contributed by atoms with Gasteiger partial charge in [0, 0.05) is 22.1 Å². The van der Waals surface area contributed by atoms with Crippen LogP contribution in [0.4, 0.5) is 0 Å². The highest BCUT2D eigenvalue weighted by molar-refractivity contribution is 6.22. The van der Waals surface area contributed by atoms with Crippen molar-refractivity contribution < 1.29 is 14.3 Å². The average Bonchev–Trinajstić information content (AvgIpc) is 2.90. The van der Waals surface area contributed by atoms with Crippen LogP contribution in [0.15, 0.2) is 48.5 Å². The van der Waals surface area contributed by atoms with E-state index in [1.165, 1.54) is 0 Å². The van der Waals surface area contributed by atoms with Crippen LogP contribution in [0.25, 0.3) is 22.2 Å². The van der Waals surface area contributed by atoms with Crippen molar-refractivity contribution in [1.82, 2.24) is 4.98 Å². The van der Waals surface area contributed by atoms with Crippen LogP contribution in [0.1, 0.15) is 40.1 Å². The zero-order chi connectivity index (χ0) is 17.6. The average molecular weight is 331 g/mol. The molecule has 4 nitrogen and oxygen atoms in total.